The highest BCUT2D eigenvalue weighted by molar-refractivity contribution is 7.10. The van der Waals surface area contributed by atoms with Crippen molar-refractivity contribution in [1.29, 1.82) is 0 Å². The van der Waals surface area contributed by atoms with E-state index in [1.54, 1.807) is 17.2 Å². The number of rotatable bonds is 1. The highest BCUT2D eigenvalue weighted by atomic mass is 32.1. The van der Waals surface area contributed by atoms with E-state index in [9.17, 15) is 13.2 Å². The summed E-state index contributed by atoms with van der Waals surface area (Å²) in [6, 6.07) is 1.29. The van der Waals surface area contributed by atoms with E-state index >= 15 is 0 Å². The molecule has 2 atom stereocenters. The quantitative estimate of drug-likeness (QED) is 0.828. The standard InChI is InChI=1S/C9H12F3N3S/c10-9(11,12)6-3-7(13)5-15(4-6)8-1-2-14-16-8/h1-2,6-7H,3-5,13H2/t6-,7+/m1/s1. The fraction of sp³-hybridized carbons (Fsp3) is 0.667. The van der Waals surface area contributed by atoms with Crippen molar-refractivity contribution in [3.8, 4) is 0 Å². The number of halogens is 3. The van der Waals surface area contributed by atoms with Gasteiger partial charge >= 0.3 is 6.18 Å². The van der Waals surface area contributed by atoms with Crippen LogP contribution in [0.5, 0.6) is 0 Å². The molecule has 0 aliphatic carbocycles. The Morgan fingerprint density at radius 1 is 1.44 bits per heavy atom. The van der Waals surface area contributed by atoms with Gasteiger partial charge in [0.2, 0.25) is 0 Å². The van der Waals surface area contributed by atoms with Gasteiger partial charge in [0.1, 0.15) is 5.00 Å². The van der Waals surface area contributed by atoms with Crippen molar-refractivity contribution < 1.29 is 13.2 Å². The molecule has 0 unspecified atom stereocenters. The second-order valence-electron chi connectivity index (χ2n) is 3.99. The molecule has 16 heavy (non-hydrogen) atoms. The van der Waals surface area contributed by atoms with Gasteiger partial charge in [0.05, 0.1) is 5.92 Å². The summed E-state index contributed by atoms with van der Waals surface area (Å²) in [6.45, 7) is 0.453. The van der Waals surface area contributed by atoms with Crippen LogP contribution in [-0.2, 0) is 0 Å². The molecule has 1 saturated heterocycles. The Labute approximate surface area is 95.2 Å². The molecule has 7 heteroatoms. The Morgan fingerprint density at radius 3 is 2.75 bits per heavy atom. The van der Waals surface area contributed by atoms with Crippen LogP contribution in [-0.4, -0.2) is 29.7 Å². The lowest BCUT2D eigenvalue weighted by atomic mass is 9.94. The van der Waals surface area contributed by atoms with Crippen LogP contribution in [0.4, 0.5) is 18.2 Å². The Hall–Kier alpha value is -0.820. The molecule has 2 rings (SSSR count). The van der Waals surface area contributed by atoms with Crippen LogP contribution in [0.15, 0.2) is 12.3 Å². The van der Waals surface area contributed by atoms with Crippen molar-refractivity contribution in [2.24, 2.45) is 11.7 Å². The van der Waals surface area contributed by atoms with Crippen LogP contribution in [0.1, 0.15) is 6.42 Å². The van der Waals surface area contributed by atoms with E-state index in [-0.39, 0.29) is 13.0 Å². The molecular weight excluding hydrogens is 239 g/mol. The number of anilines is 1. The number of piperidine rings is 1. The summed E-state index contributed by atoms with van der Waals surface area (Å²) in [4.78, 5) is 1.67. The molecule has 1 aromatic rings. The predicted molar refractivity (Wildman–Crippen MR) is 56.5 cm³/mol. The molecule has 1 aliphatic heterocycles. The molecule has 0 bridgehead atoms. The van der Waals surface area contributed by atoms with E-state index in [1.165, 1.54) is 11.5 Å². The molecular formula is C9H12F3N3S. The molecule has 0 spiro atoms. The smallest absolute Gasteiger partial charge is 0.360 e. The van der Waals surface area contributed by atoms with Crippen molar-refractivity contribution in [3.63, 3.8) is 0 Å². The number of aromatic nitrogens is 1. The molecule has 90 valence electrons. The summed E-state index contributed by atoms with van der Waals surface area (Å²) in [6.07, 6.45) is -2.57. The number of nitrogens with zero attached hydrogens (tertiary/aromatic N) is 2. The molecule has 3 nitrogen and oxygen atoms in total. The largest absolute Gasteiger partial charge is 0.393 e. The van der Waals surface area contributed by atoms with Crippen LogP contribution < -0.4 is 10.6 Å². The van der Waals surface area contributed by atoms with Gasteiger partial charge in [-0.25, -0.2) is 0 Å². The summed E-state index contributed by atoms with van der Waals surface area (Å²) >= 11 is 1.20. The minimum atomic E-state index is -4.17. The summed E-state index contributed by atoms with van der Waals surface area (Å²) in [7, 11) is 0. The van der Waals surface area contributed by atoms with Gasteiger partial charge in [-0.1, -0.05) is 0 Å². The maximum absolute atomic E-state index is 12.6. The first kappa shape index (κ1) is 11.7. The van der Waals surface area contributed by atoms with Gasteiger partial charge in [0, 0.05) is 25.3 Å². The number of alkyl halides is 3. The molecule has 2 N–H and O–H groups in total. The number of nitrogens with two attached hydrogens (primary N) is 1. The average molecular weight is 251 g/mol. The van der Waals surface area contributed by atoms with E-state index in [1.807, 2.05) is 0 Å². The zero-order chi connectivity index (χ0) is 11.8. The minimum Gasteiger partial charge on any atom is -0.360 e. The van der Waals surface area contributed by atoms with Crippen molar-refractivity contribution in [2.45, 2.75) is 18.6 Å². The maximum Gasteiger partial charge on any atom is 0.393 e. The normalized spacial score (nSPS) is 27.1. The van der Waals surface area contributed by atoms with Gasteiger partial charge in [-0.05, 0) is 24.0 Å². The van der Waals surface area contributed by atoms with E-state index in [0.29, 0.717) is 6.54 Å². The average Bonchev–Trinajstić information content (AvgIpc) is 2.68. The third-order valence-corrected chi connectivity index (χ3v) is 3.49. The monoisotopic (exact) mass is 251 g/mol. The number of hydrogen-bond acceptors (Lipinski definition) is 4. The lowest BCUT2D eigenvalue weighted by Crippen LogP contribution is -2.50. The van der Waals surface area contributed by atoms with E-state index < -0.39 is 18.1 Å². The van der Waals surface area contributed by atoms with Crippen molar-refractivity contribution in [1.82, 2.24) is 4.37 Å². The first-order valence-electron chi connectivity index (χ1n) is 4.94. The first-order valence-corrected chi connectivity index (χ1v) is 5.72. The topological polar surface area (TPSA) is 42.1 Å². The van der Waals surface area contributed by atoms with Crippen molar-refractivity contribution in [3.05, 3.63) is 12.3 Å². The van der Waals surface area contributed by atoms with Gasteiger partial charge < -0.3 is 10.6 Å². The molecule has 0 radical (unpaired) electrons. The number of hydrogen-bond donors (Lipinski definition) is 1. The van der Waals surface area contributed by atoms with Gasteiger partial charge in [0.25, 0.3) is 0 Å². The zero-order valence-corrected chi connectivity index (χ0v) is 9.26. The van der Waals surface area contributed by atoms with Crippen molar-refractivity contribution in [2.75, 3.05) is 18.0 Å². The second kappa shape index (κ2) is 4.21. The molecule has 1 aliphatic rings. The Balaban J connectivity index is 2.12. The summed E-state index contributed by atoms with van der Waals surface area (Å²) in [5.74, 6) is -1.33. The van der Waals surface area contributed by atoms with Gasteiger partial charge in [0.15, 0.2) is 0 Å². The van der Waals surface area contributed by atoms with Crippen LogP contribution in [0.2, 0.25) is 0 Å². The fourth-order valence-electron chi connectivity index (χ4n) is 1.93. The summed E-state index contributed by atoms with van der Waals surface area (Å²) in [5.41, 5.74) is 5.66. The van der Waals surface area contributed by atoms with Crippen LogP contribution in [0, 0.1) is 5.92 Å². The third kappa shape index (κ3) is 2.46. The van der Waals surface area contributed by atoms with Gasteiger partial charge in [-0.2, -0.15) is 17.5 Å². The van der Waals surface area contributed by atoms with Crippen LogP contribution >= 0.6 is 11.5 Å². The predicted octanol–water partition coefficient (Wildman–Crippen LogP) is 1.86. The Morgan fingerprint density at radius 2 is 2.19 bits per heavy atom. The van der Waals surface area contributed by atoms with E-state index in [4.69, 9.17) is 5.73 Å². The molecule has 2 heterocycles. The molecule has 0 aromatic carbocycles. The zero-order valence-electron chi connectivity index (χ0n) is 8.44. The van der Waals surface area contributed by atoms with Crippen LogP contribution in [0.3, 0.4) is 0 Å². The molecule has 0 saturated carbocycles. The van der Waals surface area contributed by atoms with Crippen LogP contribution in [0.25, 0.3) is 0 Å². The third-order valence-electron chi connectivity index (χ3n) is 2.68. The minimum absolute atomic E-state index is 0.0127. The highest BCUT2D eigenvalue weighted by Gasteiger charge is 2.44. The van der Waals surface area contributed by atoms with Gasteiger partial charge in [-0.15, -0.1) is 0 Å². The first-order chi connectivity index (χ1) is 7.47. The molecule has 1 aromatic heterocycles. The fourth-order valence-corrected chi connectivity index (χ4v) is 2.54. The second-order valence-corrected chi connectivity index (χ2v) is 4.80. The highest BCUT2D eigenvalue weighted by Crippen LogP contribution is 2.35. The molecule has 1 fully saturated rings. The van der Waals surface area contributed by atoms with Crippen molar-refractivity contribution >= 4 is 16.5 Å². The summed E-state index contributed by atoms with van der Waals surface area (Å²) in [5, 5.41) is 0.754. The maximum atomic E-state index is 12.6. The van der Waals surface area contributed by atoms with Gasteiger partial charge in [-0.3, -0.25) is 0 Å². The SMILES string of the molecule is N[C@H]1C[C@@H](C(F)(F)F)CN(c2ccns2)C1. The van der Waals surface area contributed by atoms with E-state index in [2.05, 4.69) is 4.37 Å². The Bertz CT molecular complexity index is 338. The molecule has 0 amide bonds. The lowest BCUT2D eigenvalue weighted by molar-refractivity contribution is -0.177. The lowest BCUT2D eigenvalue weighted by Gasteiger charge is -2.37. The van der Waals surface area contributed by atoms with E-state index in [0.717, 1.165) is 5.00 Å². The summed E-state index contributed by atoms with van der Waals surface area (Å²) < 4.78 is 41.8. The Kier molecular flexibility index (Phi) is 3.07.